The van der Waals surface area contributed by atoms with Crippen molar-refractivity contribution in [1.82, 2.24) is 0 Å². The molecule has 0 rings (SSSR count). The maximum atomic E-state index is 9.28. The third kappa shape index (κ3) is 36.4. The zero-order valence-corrected chi connectivity index (χ0v) is 18.7. The summed E-state index contributed by atoms with van der Waals surface area (Å²) in [4.78, 5) is 18.6. The van der Waals surface area contributed by atoms with Gasteiger partial charge in [-0.1, -0.05) is 0 Å². The van der Waals surface area contributed by atoms with Crippen LogP contribution in [0.5, 0.6) is 0 Å². The van der Waals surface area contributed by atoms with E-state index >= 15 is 0 Å². The average molecular weight is 300 g/mol. The number of hydrogen-bond donors (Lipinski definition) is 0. The van der Waals surface area contributed by atoms with Gasteiger partial charge in [0.15, 0.2) is 0 Å². The molecule has 4 nitrogen and oxygen atoms in total. The summed E-state index contributed by atoms with van der Waals surface area (Å²) in [6.07, 6.45) is 6.05. The molecule has 0 aliphatic heterocycles. The van der Waals surface area contributed by atoms with Crippen LogP contribution in [0.3, 0.4) is 0 Å². The molecule has 0 N–H and O–H groups in total. The van der Waals surface area contributed by atoms with Gasteiger partial charge in [0.25, 0.3) is 0 Å². The number of carboxylic acids is 2. The molecule has 0 aromatic carbocycles. The Morgan fingerprint density at radius 1 is 1.06 bits per heavy atom. The van der Waals surface area contributed by atoms with Gasteiger partial charge < -0.3 is 19.8 Å². The quantitative estimate of drug-likeness (QED) is 0.266. The third-order valence-corrected chi connectivity index (χ3v) is 1.92. The average Bonchev–Trinajstić information content (AvgIpc) is 2.11. The Labute approximate surface area is 204 Å². The monoisotopic (exact) mass is 300 g/mol. The SMILES string of the molecule is O=C([O-])CC(=O)[O-].[K+].[K+].[Li][CH](C)CCCCCC. The van der Waals surface area contributed by atoms with Gasteiger partial charge in [-0.25, -0.2) is 0 Å². The van der Waals surface area contributed by atoms with E-state index in [0.29, 0.717) is 0 Å². The zero-order valence-electron chi connectivity index (χ0n) is 12.5. The number of carbonyl (C=O) groups is 2. The van der Waals surface area contributed by atoms with Gasteiger partial charge in [0, 0.05) is 18.4 Å². The molecular weight excluding hydrogens is 281 g/mol. The number of carbonyl (C=O) groups excluding carboxylic acids is 2. The van der Waals surface area contributed by atoms with Crippen molar-refractivity contribution in [2.24, 2.45) is 0 Å². The molecule has 0 saturated heterocycles. The van der Waals surface area contributed by atoms with Crippen molar-refractivity contribution in [3.05, 3.63) is 0 Å². The molecule has 0 heterocycles. The minimum atomic E-state index is -1.63. The second kappa shape index (κ2) is 22.1. The van der Waals surface area contributed by atoms with Gasteiger partial charge in [-0.3, -0.25) is 0 Å². The molecule has 0 saturated carbocycles. The van der Waals surface area contributed by atoms with E-state index in [9.17, 15) is 19.8 Å². The molecule has 0 radical (unpaired) electrons. The van der Waals surface area contributed by atoms with Crippen LogP contribution in [0.4, 0.5) is 0 Å². The van der Waals surface area contributed by atoms with Gasteiger partial charge in [-0.05, 0) is 0 Å². The summed E-state index contributed by atoms with van der Waals surface area (Å²) < 4.78 is 0.904. The summed E-state index contributed by atoms with van der Waals surface area (Å²) in [5.41, 5.74) is 0. The normalized spacial score (nSPS) is 10.0. The summed E-state index contributed by atoms with van der Waals surface area (Å²) in [6.45, 7) is 4.56. The first-order valence-corrected chi connectivity index (χ1v) is 5.79. The standard InChI is InChI=1S/C8H17.C3H4O4.2K.Li/c1-3-5-7-8-6-4-2;4-2(5)1-3(6)7;;;/h3H,4-8H2,1-2H3;1H2,(H,4,5)(H,6,7);;;/q;;2*+1;/p-2. The van der Waals surface area contributed by atoms with E-state index in [0.717, 1.165) is 4.59 Å². The van der Waals surface area contributed by atoms with Crippen molar-refractivity contribution in [2.45, 2.75) is 57.0 Å². The van der Waals surface area contributed by atoms with Crippen molar-refractivity contribution in [3.8, 4) is 0 Å². The molecule has 0 aromatic rings. The fraction of sp³-hybridized carbons (Fsp3) is 0.818. The van der Waals surface area contributed by atoms with Gasteiger partial charge in [-0.2, -0.15) is 0 Å². The topological polar surface area (TPSA) is 80.3 Å². The van der Waals surface area contributed by atoms with Crippen LogP contribution in [0, 0.1) is 0 Å². The molecule has 18 heavy (non-hydrogen) atoms. The molecule has 0 fully saturated rings. The molecule has 0 amide bonds. The van der Waals surface area contributed by atoms with Crippen LogP contribution in [0.25, 0.3) is 0 Å². The van der Waals surface area contributed by atoms with Gasteiger partial charge in [-0.15, -0.1) is 0 Å². The Bertz CT molecular complexity index is 189. The van der Waals surface area contributed by atoms with Gasteiger partial charge in [0.1, 0.15) is 0 Å². The predicted molar refractivity (Wildman–Crippen MR) is 58.6 cm³/mol. The molecule has 1 unspecified atom stereocenters. The van der Waals surface area contributed by atoms with Crippen LogP contribution in [0.1, 0.15) is 52.4 Å². The van der Waals surface area contributed by atoms with Crippen molar-refractivity contribution in [3.63, 3.8) is 0 Å². The first-order valence-electron chi connectivity index (χ1n) is 5.79. The Balaban J connectivity index is -0.000000100. The molecule has 0 bridgehead atoms. The van der Waals surface area contributed by atoms with Crippen molar-refractivity contribution < 1.29 is 123 Å². The number of carboxylic acid groups (broad SMARTS) is 2. The number of unbranched alkanes of at least 4 members (excludes halogenated alkanes) is 3. The first kappa shape index (κ1) is 28.9. The van der Waals surface area contributed by atoms with Crippen molar-refractivity contribution >= 4 is 29.7 Å². The van der Waals surface area contributed by atoms with Gasteiger partial charge in [0.2, 0.25) is 0 Å². The zero-order chi connectivity index (χ0) is 13.0. The number of aliphatic carboxylic acids is 2. The van der Waals surface area contributed by atoms with Crippen LogP contribution in [-0.4, -0.2) is 29.7 Å². The van der Waals surface area contributed by atoms with E-state index in [-0.39, 0.29) is 103 Å². The summed E-state index contributed by atoms with van der Waals surface area (Å²) in [7, 11) is 0. The molecule has 90 valence electrons. The maximum absolute atomic E-state index is 9.28. The Morgan fingerprint density at radius 3 is 1.72 bits per heavy atom. The van der Waals surface area contributed by atoms with E-state index in [1.54, 1.807) is 0 Å². The van der Waals surface area contributed by atoms with E-state index < -0.39 is 18.4 Å². The summed E-state index contributed by atoms with van der Waals surface area (Å²) in [6, 6.07) is 0. The fourth-order valence-corrected chi connectivity index (χ4v) is 1.10. The number of rotatable bonds is 7. The van der Waals surface area contributed by atoms with Crippen LogP contribution in [0.15, 0.2) is 0 Å². The molecule has 0 spiro atoms. The number of hydrogen-bond acceptors (Lipinski definition) is 4. The molecular formula is C11H19K2LiO4. The molecule has 0 aliphatic carbocycles. The molecule has 7 heteroatoms. The first-order chi connectivity index (χ1) is 7.40. The molecule has 0 aromatic heterocycles. The summed E-state index contributed by atoms with van der Waals surface area (Å²) in [5.74, 6) is -3.25. The van der Waals surface area contributed by atoms with Crippen LogP contribution in [-0.2, 0) is 9.59 Å². The minimum absolute atomic E-state index is 0. The van der Waals surface area contributed by atoms with Crippen molar-refractivity contribution in [1.29, 1.82) is 0 Å². The van der Waals surface area contributed by atoms with Gasteiger partial charge in [0.05, 0.1) is 0 Å². The van der Waals surface area contributed by atoms with Crippen LogP contribution >= 0.6 is 0 Å². The van der Waals surface area contributed by atoms with Gasteiger partial charge >= 0.3 is 171 Å². The summed E-state index contributed by atoms with van der Waals surface area (Å²) >= 11 is 2.30. The summed E-state index contributed by atoms with van der Waals surface area (Å²) in [5, 5.41) is 18.6. The Morgan fingerprint density at radius 2 is 1.50 bits per heavy atom. The Hall–Kier alpha value is 2.81. The second-order valence-electron chi connectivity index (χ2n) is 4.16. The van der Waals surface area contributed by atoms with E-state index in [4.69, 9.17) is 0 Å². The molecule has 0 aliphatic rings. The van der Waals surface area contributed by atoms with Crippen molar-refractivity contribution in [2.75, 3.05) is 0 Å². The third-order valence-electron chi connectivity index (χ3n) is 1.92. The van der Waals surface area contributed by atoms with Crippen LogP contribution in [0.2, 0.25) is 4.59 Å². The van der Waals surface area contributed by atoms with E-state index in [2.05, 4.69) is 31.6 Å². The van der Waals surface area contributed by atoms with Crippen LogP contribution < -0.4 is 113 Å². The fourth-order valence-electron chi connectivity index (χ4n) is 1.10. The second-order valence-corrected chi connectivity index (χ2v) is 4.16. The molecule has 1 atom stereocenters. The van der Waals surface area contributed by atoms with E-state index in [1.165, 1.54) is 32.1 Å². The predicted octanol–water partition coefficient (Wildman–Crippen LogP) is -6.18. The van der Waals surface area contributed by atoms with E-state index in [1.807, 2.05) is 0 Å². The Kier molecular flexibility index (Phi) is 35.5.